The van der Waals surface area contributed by atoms with Crippen LogP contribution in [0.5, 0.6) is 0 Å². The molecule has 0 spiro atoms. The summed E-state index contributed by atoms with van der Waals surface area (Å²) in [4.78, 5) is 10.3. The number of non-ortho nitro benzene ring substituents is 1. The average molecular weight is 343 g/mol. The second-order valence-electron chi connectivity index (χ2n) is 3.82. The van der Waals surface area contributed by atoms with Crippen LogP contribution in [-0.4, -0.2) is 4.92 Å². The van der Waals surface area contributed by atoms with E-state index in [1.54, 1.807) is 24.3 Å². The number of halogens is 2. The van der Waals surface area contributed by atoms with E-state index in [4.69, 9.17) is 17.3 Å². The van der Waals surface area contributed by atoms with Crippen molar-refractivity contribution >= 4 is 50.3 Å². The van der Waals surface area contributed by atoms with E-state index in [1.165, 1.54) is 12.1 Å². The van der Waals surface area contributed by atoms with Gasteiger partial charge in [-0.15, -0.1) is 0 Å². The molecule has 0 fully saturated rings. The lowest BCUT2D eigenvalue weighted by atomic mass is 10.2. The maximum atomic E-state index is 10.8. The smallest absolute Gasteiger partial charge is 0.273 e. The molecule has 0 aliphatic carbocycles. The van der Waals surface area contributed by atoms with Crippen molar-refractivity contribution in [1.29, 1.82) is 0 Å². The van der Waals surface area contributed by atoms with Crippen LogP contribution in [0.2, 0.25) is 5.02 Å². The molecule has 2 aromatic carbocycles. The molecule has 0 saturated carbocycles. The number of anilines is 3. The predicted octanol–water partition coefficient (Wildman–Crippen LogP) is 4.34. The van der Waals surface area contributed by atoms with Gasteiger partial charge in [0.2, 0.25) is 0 Å². The number of hydrogen-bond donors (Lipinski definition) is 2. The number of rotatable bonds is 3. The molecule has 2 aromatic rings. The normalized spacial score (nSPS) is 10.2. The molecule has 5 nitrogen and oxygen atoms in total. The number of nitro groups is 1. The molecule has 0 atom stereocenters. The highest BCUT2D eigenvalue weighted by Gasteiger charge is 2.09. The van der Waals surface area contributed by atoms with Crippen LogP contribution in [0, 0.1) is 10.1 Å². The first-order valence-corrected chi connectivity index (χ1v) is 6.40. The summed E-state index contributed by atoms with van der Waals surface area (Å²) in [5.41, 5.74) is 7.13. The van der Waals surface area contributed by atoms with Gasteiger partial charge in [0.1, 0.15) is 0 Å². The first kappa shape index (κ1) is 13.6. The van der Waals surface area contributed by atoms with E-state index >= 15 is 0 Å². The minimum Gasteiger partial charge on any atom is -0.398 e. The third-order valence-electron chi connectivity index (χ3n) is 2.36. The standard InChI is InChI=1S/C12H9BrClN3O2/c13-11-2-1-8(6-12(11)14)16-9-3-7(15)4-10(5-9)17(18)19/h1-6,16H,15H2. The monoisotopic (exact) mass is 341 g/mol. The lowest BCUT2D eigenvalue weighted by Crippen LogP contribution is -1.96. The summed E-state index contributed by atoms with van der Waals surface area (Å²) in [6.07, 6.45) is 0. The summed E-state index contributed by atoms with van der Waals surface area (Å²) in [5.74, 6) is 0. The molecule has 2 rings (SSSR count). The van der Waals surface area contributed by atoms with Gasteiger partial charge in [0.05, 0.1) is 9.95 Å². The molecule has 3 N–H and O–H groups in total. The Morgan fingerprint density at radius 1 is 1.21 bits per heavy atom. The zero-order valence-electron chi connectivity index (χ0n) is 9.56. The van der Waals surface area contributed by atoms with Gasteiger partial charge in [-0.2, -0.15) is 0 Å². The van der Waals surface area contributed by atoms with Crippen LogP contribution >= 0.6 is 27.5 Å². The van der Waals surface area contributed by atoms with Crippen LogP contribution in [0.1, 0.15) is 0 Å². The van der Waals surface area contributed by atoms with E-state index in [-0.39, 0.29) is 5.69 Å². The molecule has 0 radical (unpaired) electrons. The van der Waals surface area contributed by atoms with Crippen LogP contribution in [0.4, 0.5) is 22.7 Å². The van der Waals surface area contributed by atoms with Crippen LogP contribution in [0.3, 0.4) is 0 Å². The molecule has 0 saturated heterocycles. The SMILES string of the molecule is Nc1cc(Nc2ccc(Br)c(Cl)c2)cc([N+](=O)[O-])c1. The quantitative estimate of drug-likeness (QED) is 0.494. The van der Waals surface area contributed by atoms with Crippen molar-refractivity contribution in [3.05, 3.63) is 56.0 Å². The van der Waals surface area contributed by atoms with Gasteiger partial charge in [0.15, 0.2) is 0 Å². The molecule has 0 aliphatic rings. The Morgan fingerprint density at radius 2 is 1.95 bits per heavy atom. The van der Waals surface area contributed by atoms with Crippen LogP contribution in [0.15, 0.2) is 40.9 Å². The fraction of sp³-hybridized carbons (Fsp3) is 0. The predicted molar refractivity (Wildman–Crippen MR) is 79.9 cm³/mol. The van der Waals surface area contributed by atoms with Crippen LogP contribution < -0.4 is 11.1 Å². The van der Waals surface area contributed by atoms with Crippen molar-refractivity contribution in [1.82, 2.24) is 0 Å². The first-order valence-electron chi connectivity index (χ1n) is 5.23. The number of nitrogens with two attached hydrogens (primary N) is 1. The number of nitrogens with one attached hydrogen (secondary N) is 1. The lowest BCUT2D eigenvalue weighted by molar-refractivity contribution is -0.384. The van der Waals surface area contributed by atoms with Crippen LogP contribution in [-0.2, 0) is 0 Å². The molecule has 0 heterocycles. The van der Waals surface area contributed by atoms with Gasteiger partial charge in [-0.25, -0.2) is 0 Å². The summed E-state index contributed by atoms with van der Waals surface area (Å²) < 4.78 is 0.776. The molecule has 0 unspecified atom stereocenters. The topological polar surface area (TPSA) is 81.2 Å². The van der Waals surface area contributed by atoms with Gasteiger partial charge < -0.3 is 11.1 Å². The molecular weight excluding hydrogens is 334 g/mol. The lowest BCUT2D eigenvalue weighted by Gasteiger charge is -2.08. The largest absolute Gasteiger partial charge is 0.398 e. The van der Waals surface area contributed by atoms with Gasteiger partial charge in [-0.1, -0.05) is 11.6 Å². The molecule has 0 aliphatic heterocycles. The fourth-order valence-electron chi connectivity index (χ4n) is 1.55. The summed E-state index contributed by atoms with van der Waals surface area (Å²) in [5, 5.41) is 14.3. The molecule has 19 heavy (non-hydrogen) atoms. The average Bonchev–Trinajstić information content (AvgIpc) is 2.33. The van der Waals surface area contributed by atoms with Crippen LogP contribution in [0.25, 0.3) is 0 Å². The second kappa shape index (κ2) is 5.46. The number of benzene rings is 2. The minimum absolute atomic E-state index is 0.0642. The van der Waals surface area contributed by atoms with Crippen molar-refractivity contribution in [2.75, 3.05) is 11.1 Å². The second-order valence-corrected chi connectivity index (χ2v) is 5.09. The minimum atomic E-state index is -0.490. The Morgan fingerprint density at radius 3 is 2.58 bits per heavy atom. The van der Waals surface area contributed by atoms with E-state index in [2.05, 4.69) is 21.2 Å². The summed E-state index contributed by atoms with van der Waals surface area (Å²) in [6.45, 7) is 0. The highest BCUT2D eigenvalue weighted by atomic mass is 79.9. The van der Waals surface area contributed by atoms with Gasteiger partial charge >= 0.3 is 0 Å². The molecule has 7 heteroatoms. The zero-order valence-corrected chi connectivity index (χ0v) is 11.9. The molecule has 0 aromatic heterocycles. The summed E-state index contributed by atoms with van der Waals surface area (Å²) in [6, 6.07) is 9.62. The van der Waals surface area contributed by atoms with E-state index in [1.807, 2.05) is 0 Å². The van der Waals surface area contributed by atoms with E-state index in [0.717, 1.165) is 4.47 Å². The number of nitro benzene ring substituents is 1. The van der Waals surface area contributed by atoms with Crippen molar-refractivity contribution < 1.29 is 4.92 Å². The van der Waals surface area contributed by atoms with Gasteiger partial charge in [-0.05, 0) is 40.2 Å². The van der Waals surface area contributed by atoms with Crippen molar-refractivity contribution in [3.63, 3.8) is 0 Å². The number of nitrogens with zero attached hydrogens (tertiary/aromatic N) is 1. The van der Waals surface area contributed by atoms with E-state index < -0.39 is 4.92 Å². The van der Waals surface area contributed by atoms with Crippen molar-refractivity contribution in [3.8, 4) is 0 Å². The van der Waals surface area contributed by atoms with Crippen molar-refractivity contribution in [2.45, 2.75) is 0 Å². The molecule has 0 bridgehead atoms. The maximum Gasteiger partial charge on any atom is 0.273 e. The zero-order chi connectivity index (χ0) is 14.0. The number of nitrogen functional groups attached to an aromatic ring is 1. The molecule has 0 amide bonds. The fourth-order valence-corrected chi connectivity index (χ4v) is 1.98. The highest BCUT2D eigenvalue weighted by Crippen LogP contribution is 2.29. The summed E-state index contributed by atoms with van der Waals surface area (Å²) >= 11 is 9.26. The Balaban J connectivity index is 2.32. The third-order valence-corrected chi connectivity index (χ3v) is 3.59. The first-order chi connectivity index (χ1) is 8.95. The molecular formula is C12H9BrClN3O2. The Bertz CT molecular complexity index is 649. The summed E-state index contributed by atoms with van der Waals surface area (Å²) in [7, 11) is 0. The third kappa shape index (κ3) is 3.36. The van der Waals surface area contributed by atoms with E-state index in [0.29, 0.717) is 22.1 Å². The highest BCUT2D eigenvalue weighted by molar-refractivity contribution is 9.10. The van der Waals surface area contributed by atoms with Crippen molar-refractivity contribution in [2.24, 2.45) is 0 Å². The van der Waals surface area contributed by atoms with Gasteiger partial charge in [-0.3, -0.25) is 10.1 Å². The molecule has 98 valence electrons. The Labute approximate surface area is 122 Å². The van der Waals surface area contributed by atoms with Gasteiger partial charge in [0, 0.05) is 33.7 Å². The maximum absolute atomic E-state index is 10.8. The Kier molecular flexibility index (Phi) is 3.92. The van der Waals surface area contributed by atoms with Gasteiger partial charge in [0.25, 0.3) is 5.69 Å². The Hall–Kier alpha value is -1.79. The van der Waals surface area contributed by atoms with E-state index in [9.17, 15) is 10.1 Å². The number of hydrogen-bond acceptors (Lipinski definition) is 4.